The van der Waals surface area contributed by atoms with E-state index in [1.54, 1.807) is 12.4 Å². The van der Waals surface area contributed by atoms with Gasteiger partial charge in [0.2, 0.25) is 5.91 Å². The van der Waals surface area contributed by atoms with Gasteiger partial charge in [0.25, 0.3) is 0 Å². The van der Waals surface area contributed by atoms with E-state index in [-0.39, 0.29) is 31.3 Å². The maximum Gasteiger partial charge on any atom is 0.246 e. The highest BCUT2D eigenvalue weighted by molar-refractivity contribution is 5.78. The Bertz CT molecular complexity index is 1040. The SMILES string of the molecule is Cc1ccc([C@@H](NC(=O)COC[C@H]2COc3ccccc3O2)c2ccncc2)cc1C. The third-order valence-corrected chi connectivity index (χ3v) is 5.31. The van der Waals surface area contributed by atoms with Gasteiger partial charge in [0, 0.05) is 12.4 Å². The van der Waals surface area contributed by atoms with Crippen LogP contribution < -0.4 is 14.8 Å². The number of rotatable bonds is 7. The second kappa shape index (κ2) is 9.62. The Balaban J connectivity index is 1.36. The van der Waals surface area contributed by atoms with Crippen molar-refractivity contribution in [3.8, 4) is 11.5 Å². The third kappa shape index (κ3) is 5.22. The Morgan fingerprint density at radius 1 is 1.06 bits per heavy atom. The molecule has 4 rings (SSSR count). The first-order chi connectivity index (χ1) is 15.1. The zero-order chi connectivity index (χ0) is 21.6. The molecule has 2 atom stereocenters. The van der Waals surface area contributed by atoms with Gasteiger partial charge in [0.15, 0.2) is 17.6 Å². The summed E-state index contributed by atoms with van der Waals surface area (Å²) in [5, 5.41) is 3.09. The summed E-state index contributed by atoms with van der Waals surface area (Å²) in [4.78, 5) is 16.8. The van der Waals surface area contributed by atoms with Crippen LogP contribution >= 0.6 is 0 Å². The number of nitrogens with zero attached hydrogens (tertiary/aromatic N) is 1. The van der Waals surface area contributed by atoms with E-state index in [4.69, 9.17) is 14.2 Å². The summed E-state index contributed by atoms with van der Waals surface area (Å²) >= 11 is 0. The summed E-state index contributed by atoms with van der Waals surface area (Å²) in [5.41, 5.74) is 4.37. The third-order valence-electron chi connectivity index (χ3n) is 5.31. The molecular weight excluding hydrogens is 392 g/mol. The summed E-state index contributed by atoms with van der Waals surface area (Å²) in [5.74, 6) is 1.22. The highest BCUT2D eigenvalue weighted by Gasteiger charge is 2.22. The molecule has 160 valence electrons. The predicted molar refractivity (Wildman–Crippen MR) is 117 cm³/mol. The van der Waals surface area contributed by atoms with E-state index in [0.717, 1.165) is 16.9 Å². The molecule has 0 unspecified atom stereocenters. The molecule has 6 heteroatoms. The predicted octanol–water partition coefficient (Wildman–Crippen LogP) is 3.76. The molecule has 1 aliphatic heterocycles. The topological polar surface area (TPSA) is 69.7 Å². The molecule has 0 spiro atoms. The zero-order valence-corrected chi connectivity index (χ0v) is 17.7. The molecule has 31 heavy (non-hydrogen) atoms. The van der Waals surface area contributed by atoms with Crippen molar-refractivity contribution >= 4 is 5.91 Å². The fraction of sp³-hybridized carbons (Fsp3) is 0.280. The van der Waals surface area contributed by atoms with Crippen LogP contribution in [0.15, 0.2) is 67.0 Å². The quantitative estimate of drug-likeness (QED) is 0.633. The van der Waals surface area contributed by atoms with Crippen molar-refractivity contribution in [2.75, 3.05) is 19.8 Å². The number of carbonyl (C=O) groups is 1. The van der Waals surface area contributed by atoms with Crippen LogP contribution in [0, 0.1) is 13.8 Å². The summed E-state index contributed by atoms with van der Waals surface area (Å²) in [6, 6.07) is 17.3. The number of pyridine rings is 1. The molecule has 1 aliphatic rings. The molecule has 3 aromatic rings. The van der Waals surface area contributed by atoms with Crippen LogP contribution in [0.5, 0.6) is 11.5 Å². The number of para-hydroxylation sites is 2. The van der Waals surface area contributed by atoms with Crippen molar-refractivity contribution in [2.24, 2.45) is 0 Å². The molecule has 1 N–H and O–H groups in total. The van der Waals surface area contributed by atoms with E-state index < -0.39 is 0 Å². The number of fused-ring (bicyclic) bond motifs is 1. The van der Waals surface area contributed by atoms with Crippen molar-refractivity contribution in [3.63, 3.8) is 0 Å². The van der Waals surface area contributed by atoms with Gasteiger partial charge in [0.1, 0.15) is 13.2 Å². The van der Waals surface area contributed by atoms with Crippen LogP contribution in [0.4, 0.5) is 0 Å². The van der Waals surface area contributed by atoms with Gasteiger partial charge in [-0.3, -0.25) is 9.78 Å². The Morgan fingerprint density at radius 3 is 2.61 bits per heavy atom. The highest BCUT2D eigenvalue weighted by Crippen LogP contribution is 2.30. The van der Waals surface area contributed by atoms with Gasteiger partial charge in [0.05, 0.1) is 12.6 Å². The van der Waals surface area contributed by atoms with Gasteiger partial charge in [-0.25, -0.2) is 0 Å². The molecule has 2 heterocycles. The molecule has 2 aromatic carbocycles. The minimum Gasteiger partial charge on any atom is -0.486 e. The lowest BCUT2D eigenvalue weighted by Crippen LogP contribution is -2.36. The lowest BCUT2D eigenvalue weighted by atomic mass is 9.96. The minimum absolute atomic E-state index is 0.0616. The normalized spacial score (nSPS) is 15.9. The molecule has 0 fully saturated rings. The number of benzene rings is 2. The first kappa shape index (κ1) is 20.9. The first-order valence-electron chi connectivity index (χ1n) is 10.3. The number of aryl methyl sites for hydroxylation is 2. The van der Waals surface area contributed by atoms with Crippen LogP contribution in [0.25, 0.3) is 0 Å². The van der Waals surface area contributed by atoms with E-state index in [1.807, 2.05) is 42.5 Å². The molecular formula is C25H26N2O4. The second-order valence-corrected chi connectivity index (χ2v) is 7.64. The molecule has 0 radical (unpaired) electrons. The molecule has 0 bridgehead atoms. The average molecular weight is 418 g/mol. The van der Waals surface area contributed by atoms with Crippen molar-refractivity contribution in [1.29, 1.82) is 0 Å². The Labute approximate surface area is 182 Å². The van der Waals surface area contributed by atoms with E-state index in [2.05, 4.69) is 36.3 Å². The number of aromatic nitrogens is 1. The maximum absolute atomic E-state index is 12.7. The molecule has 1 aromatic heterocycles. The Kier molecular flexibility index (Phi) is 6.48. The van der Waals surface area contributed by atoms with E-state index in [0.29, 0.717) is 12.4 Å². The molecule has 1 amide bonds. The van der Waals surface area contributed by atoms with Gasteiger partial charge >= 0.3 is 0 Å². The van der Waals surface area contributed by atoms with Crippen molar-refractivity contribution in [2.45, 2.75) is 26.0 Å². The van der Waals surface area contributed by atoms with Gasteiger partial charge < -0.3 is 19.5 Å². The second-order valence-electron chi connectivity index (χ2n) is 7.64. The number of nitrogens with one attached hydrogen (secondary N) is 1. The van der Waals surface area contributed by atoms with Gasteiger partial charge in [-0.05, 0) is 60.4 Å². The smallest absolute Gasteiger partial charge is 0.246 e. The lowest BCUT2D eigenvalue weighted by Gasteiger charge is -2.26. The largest absolute Gasteiger partial charge is 0.486 e. The standard InChI is InChI=1S/C25H26N2O4/c1-17-7-8-20(13-18(17)2)25(19-9-11-26-12-10-19)27-24(28)16-29-14-21-15-30-22-5-3-4-6-23(22)31-21/h3-13,21,25H,14-16H2,1-2H3,(H,27,28)/t21-,25-/m0/s1. The van der Waals surface area contributed by atoms with Crippen molar-refractivity contribution in [3.05, 3.63) is 89.2 Å². The Morgan fingerprint density at radius 2 is 1.84 bits per heavy atom. The van der Waals surface area contributed by atoms with Crippen LogP contribution in [-0.2, 0) is 9.53 Å². The maximum atomic E-state index is 12.7. The summed E-state index contributed by atoms with van der Waals surface area (Å²) in [6.07, 6.45) is 3.20. The zero-order valence-electron chi connectivity index (χ0n) is 17.7. The van der Waals surface area contributed by atoms with Crippen LogP contribution in [0.2, 0.25) is 0 Å². The van der Waals surface area contributed by atoms with Crippen LogP contribution in [0.3, 0.4) is 0 Å². The number of amides is 1. The summed E-state index contributed by atoms with van der Waals surface area (Å²) < 4.78 is 17.2. The minimum atomic E-state index is -0.278. The van der Waals surface area contributed by atoms with Crippen LogP contribution in [0.1, 0.15) is 28.3 Å². The molecule has 0 saturated carbocycles. The van der Waals surface area contributed by atoms with Crippen molar-refractivity contribution < 1.29 is 19.0 Å². The fourth-order valence-electron chi connectivity index (χ4n) is 3.49. The molecule has 0 saturated heterocycles. The first-order valence-corrected chi connectivity index (χ1v) is 10.3. The monoisotopic (exact) mass is 418 g/mol. The van der Waals surface area contributed by atoms with E-state index >= 15 is 0 Å². The Hall–Kier alpha value is -3.38. The summed E-state index contributed by atoms with van der Waals surface area (Å²) in [6.45, 7) is 4.74. The van der Waals surface area contributed by atoms with E-state index in [9.17, 15) is 4.79 Å². The summed E-state index contributed by atoms with van der Waals surface area (Å²) in [7, 11) is 0. The van der Waals surface area contributed by atoms with Gasteiger partial charge in [-0.15, -0.1) is 0 Å². The number of ether oxygens (including phenoxy) is 3. The van der Waals surface area contributed by atoms with Gasteiger partial charge in [-0.2, -0.15) is 0 Å². The van der Waals surface area contributed by atoms with Crippen molar-refractivity contribution in [1.82, 2.24) is 10.3 Å². The highest BCUT2D eigenvalue weighted by atomic mass is 16.6. The number of hydrogen-bond donors (Lipinski definition) is 1. The number of carbonyl (C=O) groups excluding carboxylic acids is 1. The van der Waals surface area contributed by atoms with E-state index in [1.165, 1.54) is 11.1 Å². The fourth-order valence-corrected chi connectivity index (χ4v) is 3.49. The molecule has 6 nitrogen and oxygen atoms in total. The number of hydrogen-bond acceptors (Lipinski definition) is 5. The van der Waals surface area contributed by atoms with Gasteiger partial charge in [-0.1, -0.05) is 30.3 Å². The van der Waals surface area contributed by atoms with Crippen LogP contribution in [-0.4, -0.2) is 36.8 Å². The average Bonchev–Trinajstić information content (AvgIpc) is 2.80. The lowest BCUT2D eigenvalue weighted by molar-refractivity contribution is -0.127. The molecule has 0 aliphatic carbocycles.